The predicted octanol–water partition coefficient (Wildman–Crippen LogP) is 3.04. The van der Waals surface area contributed by atoms with Gasteiger partial charge in [-0.15, -0.1) is 0 Å². The summed E-state index contributed by atoms with van der Waals surface area (Å²) in [6.07, 6.45) is 1.80. The molecule has 0 spiro atoms. The third-order valence-corrected chi connectivity index (χ3v) is 5.01. The van der Waals surface area contributed by atoms with Gasteiger partial charge in [-0.1, -0.05) is 29.8 Å². The summed E-state index contributed by atoms with van der Waals surface area (Å²) >= 11 is 0. The Balaban J connectivity index is 1.86. The number of carbonyl (C=O) groups excluding carboxylic acids is 1. The summed E-state index contributed by atoms with van der Waals surface area (Å²) in [6, 6.07) is 11.5. The minimum atomic E-state index is -0.607. The number of ether oxygens (including phenoxy) is 2. The van der Waals surface area contributed by atoms with E-state index in [2.05, 4.69) is 4.98 Å². The molecule has 3 aromatic rings. The number of benzene rings is 1. The first-order valence-electron chi connectivity index (χ1n) is 9.40. The Hall–Kier alpha value is -2.99. The van der Waals surface area contributed by atoms with Crippen molar-refractivity contribution in [3.63, 3.8) is 0 Å². The lowest BCUT2D eigenvalue weighted by molar-refractivity contribution is 0.00834. The molecule has 6 nitrogen and oxygen atoms in total. The maximum Gasteiger partial charge on any atom is 0.343 e. The van der Waals surface area contributed by atoms with Gasteiger partial charge in [-0.2, -0.15) is 0 Å². The van der Waals surface area contributed by atoms with E-state index in [9.17, 15) is 9.59 Å². The third kappa shape index (κ3) is 3.43. The highest BCUT2D eigenvalue weighted by Gasteiger charge is 2.23. The summed E-state index contributed by atoms with van der Waals surface area (Å²) in [5, 5.41) is 0.749. The molecule has 0 amide bonds. The summed E-state index contributed by atoms with van der Waals surface area (Å²) in [7, 11) is 0. The fourth-order valence-electron chi connectivity index (χ4n) is 3.31. The number of hydrogen-bond acceptors (Lipinski definition) is 5. The van der Waals surface area contributed by atoms with Crippen LogP contribution < -0.4 is 5.56 Å². The van der Waals surface area contributed by atoms with E-state index in [-0.39, 0.29) is 12.2 Å². The summed E-state index contributed by atoms with van der Waals surface area (Å²) in [5.74, 6) is -0.301. The normalized spacial score (nSPS) is 14.1. The van der Waals surface area contributed by atoms with Crippen LogP contribution in [0, 0.1) is 6.92 Å². The molecule has 0 bridgehead atoms. The highest BCUT2D eigenvalue weighted by Crippen LogP contribution is 2.26. The largest absolute Gasteiger partial charge is 0.462 e. The standard InChI is InChI=1S/C22H22N2O4/c1-3-28-22(26)19-9-16-8-17(18-12-27-13-18)10-23-20(16)24(21(19)25)11-15-6-4-14(2)5-7-15/h4-10,18H,3,11-13H2,1-2H3. The zero-order chi connectivity index (χ0) is 19.7. The van der Waals surface area contributed by atoms with Gasteiger partial charge in [-0.25, -0.2) is 9.78 Å². The Bertz CT molecular complexity index is 1080. The fraction of sp³-hybridized carbons (Fsp3) is 0.318. The number of fused-ring (bicyclic) bond motifs is 1. The van der Waals surface area contributed by atoms with Crippen molar-refractivity contribution < 1.29 is 14.3 Å². The zero-order valence-electron chi connectivity index (χ0n) is 16.0. The van der Waals surface area contributed by atoms with Crippen molar-refractivity contribution in [2.75, 3.05) is 19.8 Å². The summed E-state index contributed by atoms with van der Waals surface area (Å²) in [5.41, 5.74) is 3.36. The van der Waals surface area contributed by atoms with Crippen LogP contribution in [-0.4, -0.2) is 35.3 Å². The maximum absolute atomic E-state index is 13.1. The smallest absolute Gasteiger partial charge is 0.343 e. The molecule has 1 aromatic carbocycles. The highest BCUT2D eigenvalue weighted by atomic mass is 16.5. The topological polar surface area (TPSA) is 70.4 Å². The fourth-order valence-corrected chi connectivity index (χ4v) is 3.31. The molecule has 0 radical (unpaired) electrons. The summed E-state index contributed by atoms with van der Waals surface area (Å²) < 4.78 is 11.9. The van der Waals surface area contributed by atoms with E-state index in [0.29, 0.717) is 31.3 Å². The maximum atomic E-state index is 13.1. The van der Waals surface area contributed by atoms with Gasteiger partial charge >= 0.3 is 5.97 Å². The van der Waals surface area contributed by atoms with Crippen molar-refractivity contribution >= 4 is 17.0 Å². The van der Waals surface area contributed by atoms with Gasteiger partial charge in [0, 0.05) is 17.5 Å². The molecule has 1 fully saturated rings. The average Bonchev–Trinajstić information content (AvgIpc) is 2.64. The number of hydrogen-bond donors (Lipinski definition) is 0. The van der Waals surface area contributed by atoms with Crippen LogP contribution in [0.2, 0.25) is 0 Å². The second kappa shape index (κ2) is 7.56. The molecule has 0 N–H and O–H groups in total. The second-order valence-corrected chi connectivity index (χ2v) is 7.07. The first kappa shape index (κ1) is 18.4. The molecule has 1 aliphatic rings. The van der Waals surface area contributed by atoms with Gasteiger partial charge in [0.15, 0.2) is 0 Å². The molecule has 0 unspecified atom stereocenters. The van der Waals surface area contributed by atoms with E-state index in [1.54, 1.807) is 23.8 Å². The minimum Gasteiger partial charge on any atom is -0.462 e. The van der Waals surface area contributed by atoms with Crippen LogP contribution in [0.1, 0.15) is 39.9 Å². The molecule has 28 heavy (non-hydrogen) atoms. The molecule has 0 aliphatic carbocycles. The molecule has 2 aromatic heterocycles. The van der Waals surface area contributed by atoms with E-state index in [4.69, 9.17) is 9.47 Å². The van der Waals surface area contributed by atoms with Crippen molar-refractivity contribution in [2.24, 2.45) is 0 Å². The quantitative estimate of drug-likeness (QED) is 0.638. The van der Waals surface area contributed by atoms with Crippen LogP contribution in [0.5, 0.6) is 0 Å². The lowest BCUT2D eigenvalue weighted by atomic mass is 9.98. The third-order valence-electron chi connectivity index (χ3n) is 5.01. The molecule has 4 rings (SSSR count). The van der Waals surface area contributed by atoms with Gasteiger partial charge in [0.25, 0.3) is 5.56 Å². The Morgan fingerprint density at radius 3 is 2.64 bits per heavy atom. The van der Waals surface area contributed by atoms with Gasteiger partial charge in [-0.05, 0) is 37.1 Å². The van der Waals surface area contributed by atoms with Crippen molar-refractivity contribution in [1.82, 2.24) is 9.55 Å². The van der Waals surface area contributed by atoms with Crippen molar-refractivity contribution in [3.8, 4) is 0 Å². The van der Waals surface area contributed by atoms with E-state index in [1.165, 1.54) is 0 Å². The zero-order valence-corrected chi connectivity index (χ0v) is 16.0. The highest BCUT2D eigenvalue weighted by molar-refractivity contribution is 5.93. The predicted molar refractivity (Wildman–Crippen MR) is 106 cm³/mol. The molecule has 1 aliphatic heterocycles. The van der Waals surface area contributed by atoms with E-state index in [0.717, 1.165) is 22.1 Å². The monoisotopic (exact) mass is 378 g/mol. The van der Waals surface area contributed by atoms with E-state index >= 15 is 0 Å². The van der Waals surface area contributed by atoms with E-state index in [1.807, 2.05) is 37.3 Å². The first-order valence-corrected chi connectivity index (χ1v) is 9.40. The lowest BCUT2D eigenvalue weighted by Crippen LogP contribution is -2.29. The minimum absolute atomic E-state index is 0.0327. The van der Waals surface area contributed by atoms with Crippen LogP contribution in [-0.2, 0) is 16.0 Å². The Labute approximate surface area is 162 Å². The molecule has 0 atom stereocenters. The number of carbonyl (C=O) groups is 1. The molecule has 6 heteroatoms. The van der Waals surface area contributed by atoms with Crippen LogP contribution in [0.4, 0.5) is 0 Å². The van der Waals surface area contributed by atoms with Crippen molar-refractivity contribution in [1.29, 1.82) is 0 Å². The number of nitrogens with zero attached hydrogens (tertiary/aromatic N) is 2. The molecule has 0 saturated carbocycles. The van der Waals surface area contributed by atoms with Crippen LogP contribution in [0.15, 0.2) is 47.4 Å². The average molecular weight is 378 g/mol. The van der Waals surface area contributed by atoms with Gasteiger partial charge in [0.05, 0.1) is 26.4 Å². The van der Waals surface area contributed by atoms with Crippen LogP contribution in [0.25, 0.3) is 11.0 Å². The molecule has 3 heterocycles. The van der Waals surface area contributed by atoms with Gasteiger partial charge in [0.2, 0.25) is 0 Å². The summed E-state index contributed by atoms with van der Waals surface area (Å²) in [4.78, 5) is 30.0. The number of aromatic nitrogens is 2. The first-order chi connectivity index (χ1) is 13.6. The van der Waals surface area contributed by atoms with Gasteiger partial charge in [-0.3, -0.25) is 9.36 Å². The Kier molecular flexibility index (Phi) is 4.96. The SMILES string of the molecule is CCOC(=O)c1cc2cc(C3COC3)cnc2n(Cc2ccc(C)cc2)c1=O. The molecular weight excluding hydrogens is 356 g/mol. The molecular formula is C22H22N2O4. The van der Waals surface area contributed by atoms with Crippen molar-refractivity contribution in [3.05, 3.63) is 75.2 Å². The molecule has 1 saturated heterocycles. The van der Waals surface area contributed by atoms with Gasteiger partial charge in [0.1, 0.15) is 11.2 Å². The Morgan fingerprint density at radius 2 is 2.00 bits per heavy atom. The van der Waals surface area contributed by atoms with E-state index < -0.39 is 11.5 Å². The second-order valence-electron chi connectivity index (χ2n) is 7.07. The lowest BCUT2D eigenvalue weighted by Gasteiger charge is -2.26. The van der Waals surface area contributed by atoms with Gasteiger partial charge < -0.3 is 9.47 Å². The molecule has 144 valence electrons. The Morgan fingerprint density at radius 1 is 1.25 bits per heavy atom. The van der Waals surface area contributed by atoms with Crippen LogP contribution in [0.3, 0.4) is 0 Å². The summed E-state index contributed by atoms with van der Waals surface area (Å²) in [6.45, 7) is 5.62. The number of esters is 1. The number of rotatable bonds is 5. The van der Waals surface area contributed by atoms with Crippen molar-refractivity contribution in [2.45, 2.75) is 26.3 Å². The number of aryl methyl sites for hydroxylation is 1. The number of pyridine rings is 2. The van der Waals surface area contributed by atoms with Crippen LogP contribution >= 0.6 is 0 Å².